The predicted octanol–water partition coefficient (Wildman–Crippen LogP) is 31.0. The van der Waals surface area contributed by atoms with Crippen LogP contribution in [-0.2, 0) is 84.3 Å². The molecule has 27 rings (SSSR count). The molecule has 9 aromatic heterocycles. The molecule has 12 nitrogen and oxygen atoms in total. The van der Waals surface area contributed by atoms with Gasteiger partial charge in [0.2, 0.25) is 0 Å². The fourth-order valence-electron chi connectivity index (χ4n) is 19.9. The van der Waals surface area contributed by atoms with E-state index in [1.165, 1.54) is 49.5 Å². The maximum absolute atomic E-state index is 5.15. The molecular formula is C129H84N12Pt3. The zero-order valence-corrected chi connectivity index (χ0v) is 84.9. The molecule has 0 fully saturated rings. The van der Waals surface area contributed by atoms with Crippen LogP contribution < -0.4 is 0 Å². The maximum Gasteiger partial charge on any atom is 2.00 e. The van der Waals surface area contributed by atoms with Crippen LogP contribution >= 0.6 is 0 Å². The molecule has 690 valence electrons. The molecular weight excluding hydrogens is 2300 g/mol. The largest absolute Gasteiger partial charge is 2.00 e. The van der Waals surface area contributed by atoms with Crippen molar-refractivity contribution >= 4 is 98.5 Å². The van der Waals surface area contributed by atoms with Crippen LogP contribution in [-0.4, -0.2) is 57.3 Å². The number of benzene rings is 18. The molecule has 0 saturated heterocycles. The quantitative estimate of drug-likeness (QED) is 0.0947. The molecule has 9 heterocycles. The second kappa shape index (κ2) is 39.8. The van der Waals surface area contributed by atoms with Crippen molar-refractivity contribution in [1.82, 2.24) is 57.3 Å². The molecule has 0 atom stereocenters. The van der Waals surface area contributed by atoms with Crippen LogP contribution in [0.15, 0.2) is 455 Å². The van der Waals surface area contributed by atoms with Gasteiger partial charge in [-0.15, -0.1) is 161 Å². The summed E-state index contributed by atoms with van der Waals surface area (Å²) in [5.74, 6) is 2.63. The summed E-state index contributed by atoms with van der Waals surface area (Å²) in [5.41, 5.74) is 37.4. The number of nitrogens with zero attached hydrogens (tertiary/aromatic N) is 12. The van der Waals surface area contributed by atoms with Gasteiger partial charge in [0.25, 0.3) is 0 Å². The molecule has 0 unspecified atom stereocenters. The third-order valence-corrected chi connectivity index (χ3v) is 26.9. The van der Waals surface area contributed by atoms with E-state index in [2.05, 4.69) is 454 Å². The standard InChI is InChI=1S/3C43H28N4.3Pt/c1-46-41-23-20-32(30-13-6-3-7-14-30)27-39(41)45-43(46)34-18-21-36-37-26-31(29-11-4-2-5-12-29)19-22-40(37)47(42(36)28-34)35-16-10-15-33(25-35)38-17-8-9-24-44-38;1-46-42-26-31(29-11-4-2-5-12-29)20-24-39(42)45-43(46)33-19-22-37-36-17-8-9-18-40(36)47(41(37)27-33)35-16-10-15-32(25-35)38-23-21-34(28-44-38)30-13-6-3-7-14-30;1-46-41-24-21-31(29-11-4-2-5-12-29)26-39(41)45-43(46)33-19-22-37-36-17-8-9-18-40(36)47(42(37)27-33)35-16-10-15-32(25-35)38-23-20-34(28-44-38)30-13-6-3-7-14-30;;;/h2-24,26-27H,1H3;2*2-24,26,28H,1H3;;;/q3*-2;3*+2. The topological polar surface area (TPSA) is 107 Å². The van der Waals surface area contributed by atoms with E-state index >= 15 is 0 Å². The van der Waals surface area contributed by atoms with Crippen molar-refractivity contribution in [2.75, 3.05) is 0 Å². The molecule has 0 N–H and O–H groups in total. The van der Waals surface area contributed by atoms with Crippen LogP contribution in [0.4, 0.5) is 0 Å². The van der Waals surface area contributed by atoms with Gasteiger partial charge < -0.3 is 42.4 Å². The van der Waals surface area contributed by atoms with Gasteiger partial charge in [0.15, 0.2) is 0 Å². The Morgan fingerprint density at radius 2 is 0.500 bits per heavy atom. The van der Waals surface area contributed by atoms with Crippen molar-refractivity contribution in [1.29, 1.82) is 0 Å². The van der Waals surface area contributed by atoms with E-state index in [4.69, 9.17) is 24.9 Å². The molecule has 0 saturated carbocycles. The molecule has 15 heteroatoms. The SMILES string of the molecule is Cn1c(-c2[c-]c3c(cc2)c2cc(-c4ccccc4)ccc2n3-c2[c-]c(-c3ccccn3)ccc2)nc2cc(-c3ccccc3)ccc21.Cn1c(-c2[c-]c3c(cc2)c2ccccc2n3-c2[c-]c(-c3ccc(-c4ccccc4)cn3)ccc2)nc2cc(-c3ccccc3)ccc21.Cn1c(-c2[c-]c3c(cc2)c2ccccc2n3-c2[c-]c(-c3ccc(-c4ccccc4)cn3)ccc2)nc2ccc(-c3ccccc3)cc21.[Pt+2].[Pt+2].[Pt+2]. The van der Waals surface area contributed by atoms with Crippen LogP contribution in [0.3, 0.4) is 0 Å². The smallest absolute Gasteiger partial charge is 0.367 e. The Kier molecular flexibility index (Phi) is 25.5. The van der Waals surface area contributed by atoms with E-state index < -0.39 is 0 Å². The number of para-hydroxylation sites is 2. The minimum absolute atomic E-state index is 0. The summed E-state index contributed by atoms with van der Waals surface area (Å²) in [6, 6.07) is 174. The Hall–Kier alpha value is -16.7. The summed E-state index contributed by atoms with van der Waals surface area (Å²) in [5, 5.41) is 6.91. The summed E-state index contributed by atoms with van der Waals surface area (Å²) in [6.45, 7) is 0. The van der Waals surface area contributed by atoms with Crippen molar-refractivity contribution in [3.05, 3.63) is 492 Å². The van der Waals surface area contributed by atoms with E-state index in [1.54, 1.807) is 0 Å². The van der Waals surface area contributed by atoms with Crippen molar-refractivity contribution < 1.29 is 63.2 Å². The molecule has 0 bridgehead atoms. The Morgan fingerprint density at radius 1 is 0.188 bits per heavy atom. The Morgan fingerprint density at radius 3 is 0.882 bits per heavy atom. The molecule has 0 aliphatic carbocycles. The van der Waals surface area contributed by atoms with Gasteiger partial charge in [0.1, 0.15) is 0 Å². The van der Waals surface area contributed by atoms with E-state index in [0.717, 1.165) is 201 Å². The zero-order chi connectivity index (χ0) is 94.0. The van der Waals surface area contributed by atoms with Gasteiger partial charge in [-0.2, -0.15) is 0 Å². The first-order chi connectivity index (χ1) is 69.6. The van der Waals surface area contributed by atoms with Gasteiger partial charge in [-0.1, -0.05) is 301 Å². The molecule has 0 radical (unpaired) electrons. The Balaban J connectivity index is 0.000000122. The molecule has 0 spiro atoms. The minimum Gasteiger partial charge on any atom is -0.367 e. The number of imidazole rings is 3. The van der Waals surface area contributed by atoms with Gasteiger partial charge in [-0.25, -0.2) is 0 Å². The molecule has 18 aromatic carbocycles. The summed E-state index contributed by atoms with van der Waals surface area (Å²) in [6.07, 6.45) is 5.69. The number of aromatic nitrogens is 12. The third kappa shape index (κ3) is 17.3. The maximum atomic E-state index is 5.15. The number of fused-ring (bicyclic) bond motifs is 12. The fraction of sp³-hybridized carbons (Fsp3) is 0.0233. The van der Waals surface area contributed by atoms with Gasteiger partial charge in [-0.3, -0.25) is 15.0 Å². The monoisotopic (exact) mass is 2390 g/mol. The summed E-state index contributed by atoms with van der Waals surface area (Å²) in [7, 11) is 6.24. The van der Waals surface area contributed by atoms with Crippen molar-refractivity contribution in [3.8, 4) is 152 Å². The number of pyridine rings is 3. The number of hydrogen-bond donors (Lipinski definition) is 0. The van der Waals surface area contributed by atoms with E-state index in [9.17, 15) is 0 Å². The second-order valence-corrected chi connectivity index (χ2v) is 35.4. The molecule has 0 amide bonds. The number of aryl methyl sites for hydroxylation is 3. The molecule has 27 aromatic rings. The average Bonchev–Trinajstić information content (AvgIpc) is 1.60. The third-order valence-electron chi connectivity index (χ3n) is 26.9. The number of rotatable bonds is 15. The zero-order valence-electron chi connectivity index (χ0n) is 78.1. The Labute approximate surface area is 876 Å². The summed E-state index contributed by atoms with van der Waals surface area (Å²) < 4.78 is 13.3. The summed E-state index contributed by atoms with van der Waals surface area (Å²) in [4.78, 5) is 29.6. The van der Waals surface area contributed by atoms with Crippen LogP contribution in [0.25, 0.3) is 250 Å². The minimum atomic E-state index is 0. The normalized spacial score (nSPS) is 11.3. The Bertz CT molecular complexity index is 9190. The van der Waals surface area contributed by atoms with Crippen LogP contribution in [0.2, 0.25) is 0 Å². The van der Waals surface area contributed by atoms with E-state index in [-0.39, 0.29) is 63.2 Å². The van der Waals surface area contributed by atoms with Crippen LogP contribution in [0.1, 0.15) is 0 Å². The summed E-state index contributed by atoms with van der Waals surface area (Å²) >= 11 is 0. The van der Waals surface area contributed by atoms with Crippen molar-refractivity contribution in [2.45, 2.75) is 0 Å². The van der Waals surface area contributed by atoms with Gasteiger partial charge in [-0.05, 0) is 194 Å². The first-order valence-corrected chi connectivity index (χ1v) is 47.2. The first kappa shape index (κ1) is 92.3. The van der Waals surface area contributed by atoms with E-state index in [0.29, 0.717) is 0 Å². The molecule has 0 aliphatic rings. The van der Waals surface area contributed by atoms with Crippen LogP contribution in [0, 0.1) is 36.4 Å². The predicted molar refractivity (Wildman–Crippen MR) is 577 cm³/mol. The molecule has 0 aliphatic heterocycles. The van der Waals surface area contributed by atoms with Gasteiger partial charge in [0, 0.05) is 56.3 Å². The van der Waals surface area contributed by atoms with Crippen LogP contribution in [0.5, 0.6) is 0 Å². The van der Waals surface area contributed by atoms with Gasteiger partial charge >= 0.3 is 63.2 Å². The average molecular weight is 2390 g/mol. The first-order valence-electron chi connectivity index (χ1n) is 47.2. The van der Waals surface area contributed by atoms with Gasteiger partial charge in [0.05, 0.1) is 50.6 Å². The molecule has 144 heavy (non-hydrogen) atoms. The van der Waals surface area contributed by atoms with Crippen molar-refractivity contribution in [2.24, 2.45) is 21.1 Å². The second-order valence-electron chi connectivity index (χ2n) is 35.4. The fourth-order valence-corrected chi connectivity index (χ4v) is 19.9. The van der Waals surface area contributed by atoms with Crippen molar-refractivity contribution in [3.63, 3.8) is 0 Å². The van der Waals surface area contributed by atoms with E-state index in [1.807, 2.05) is 91.4 Å². The number of hydrogen-bond acceptors (Lipinski definition) is 6.